The van der Waals surface area contributed by atoms with Crippen LogP contribution in [0, 0.1) is 29.6 Å². The van der Waals surface area contributed by atoms with Gasteiger partial charge in [0.2, 0.25) is 0 Å². The van der Waals surface area contributed by atoms with Crippen LogP contribution in [0.2, 0.25) is 0 Å². The summed E-state index contributed by atoms with van der Waals surface area (Å²) in [7, 11) is 0. The quantitative estimate of drug-likeness (QED) is 0.416. The third-order valence-corrected chi connectivity index (χ3v) is 7.11. The third-order valence-electron chi connectivity index (χ3n) is 7.11. The van der Waals surface area contributed by atoms with Crippen molar-refractivity contribution >= 4 is 11.8 Å². The monoisotopic (exact) mass is 450 g/mol. The lowest BCUT2D eigenvalue weighted by atomic mass is 9.66. The highest BCUT2D eigenvalue weighted by molar-refractivity contribution is 5.80. The molecule has 6 nitrogen and oxygen atoms in total. The summed E-state index contributed by atoms with van der Waals surface area (Å²) in [5.74, 6) is -0.186. The van der Waals surface area contributed by atoms with Gasteiger partial charge in [-0.05, 0) is 43.1 Å². The first-order valence-corrected chi connectivity index (χ1v) is 12.2. The first-order chi connectivity index (χ1) is 15.0. The summed E-state index contributed by atoms with van der Waals surface area (Å²) in [4.78, 5) is 24.3. The number of aliphatic hydroxyl groups excluding tert-OH is 3. The zero-order valence-corrected chi connectivity index (χ0v) is 20.2. The molecule has 0 saturated heterocycles. The van der Waals surface area contributed by atoms with Crippen LogP contribution in [0.5, 0.6) is 0 Å². The molecule has 0 aromatic carbocycles. The van der Waals surface area contributed by atoms with Crippen LogP contribution in [-0.4, -0.2) is 51.5 Å². The van der Waals surface area contributed by atoms with Crippen LogP contribution in [-0.2, 0) is 14.3 Å². The minimum atomic E-state index is -0.840. The molecule has 0 heterocycles. The standard InChI is InChI=1S/C26H42O6/c1-6-16(4)26(31)32-24-14-20(28)11-18-8-7-17(5)22(25(18)24)10-9-19(27)12-21(29)13-23(30)15(2)3/h7-8,11,15-17,19-22,24-25,27-29H,6,9-10,12-14H2,1-5H3/t16-,17-,19?,20+,21-,22-,24-,25-/m0/s1. The lowest BCUT2D eigenvalue weighted by molar-refractivity contribution is -0.159. The SMILES string of the molecule is CC[C@H](C)C(=O)O[C@H]1C[C@H](O)C=C2C=C[C@H](C)[C@H](CCC(O)C[C@H](O)CC(=O)C(C)C)[C@H]21. The molecule has 2 aliphatic carbocycles. The highest BCUT2D eigenvalue weighted by Crippen LogP contribution is 2.44. The van der Waals surface area contributed by atoms with Gasteiger partial charge in [0.05, 0.1) is 24.2 Å². The van der Waals surface area contributed by atoms with E-state index in [-0.39, 0.29) is 54.2 Å². The Hall–Kier alpha value is -1.50. The summed E-state index contributed by atoms with van der Waals surface area (Å²) < 4.78 is 5.89. The van der Waals surface area contributed by atoms with Gasteiger partial charge < -0.3 is 20.1 Å². The van der Waals surface area contributed by atoms with Gasteiger partial charge in [0.25, 0.3) is 0 Å². The van der Waals surface area contributed by atoms with Crippen molar-refractivity contribution in [2.45, 2.75) is 97.6 Å². The van der Waals surface area contributed by atoms with Gasteiger partial charge in [-0.3, -0.25) is 9.59 Å². The van der Waals surface area contributed by atoms with E-state index in [0.717, 1.165) is 5.57 Å². The lowest BCUT2D eigenvalue weighted by Crippen LogP contribution is -2.43. The van der Waals surface area contributed by atoms with Crippen molar-refractivity contribution in [1.82, 2.24) is 0 Å². The molecule has 0 saturated carbocycles. The lowest BCUT2D eigenvalue weighted by Gasteiger charge is -2.43. The van der Waals surface area contributed by atoms with E-state index in [9.17, 15) is 24.9 Å². The van der Waals surface area contributed by atoms with Gasteiger partial charge in [-0.25, -0.2) is 0 Å². The number of rotatable bonds is 11. The Morgan fingerprint density at radius 2 is 1.88 bits per heavy atom. The fraction of sp³-hybridized carbons (Fsp3) is 0.769. The number of Topliss-reactive ketones (excluding diaryl/α,β-unsaturated/α-hetero) is 1. The summed E-state index contributed by atoms with van der Waals surface area (Å²) in [6.45, 7) is 9.54. The second kappa shape index (κ2) is 12.1. The van der Waals surface area contributed by atoms with E-state index in [1.54, 1.807) is 13.8 Å². The van der Waals surface area contributed by atoms with Crippen LogP contribution in [0.15, 0.2) is 23.8 Å². The maximum Gasteiger partial charge on any atom is 0.308 e. The van der Waals surface area contributed by atoms with E-state index in [1.165, 1.54) is 0 Å². The first-order valence-electron chi connectivity index (χ1n) is 12.2. The van der Waals surface area contributed by atoms with Crippen LogP contribution < -0.4 is 0 Å². The van der Waals surface area contributed by atoms with Crippen molar-refractivity contribution < 1.29 is 29.6 Å². The molecule has 182 valence electrons. The molecule has 0 aromatic heterocycles. The normalized spacial score (nSPS) is 30.3. The second-order valence-corrected chi connectivity index (χ2v) is 10.1. The maximum absolute atomic E-state index is 12.5. The van der Waals surface area contributed by atoms with Gasteiger partial charge in [-0.2, -0.15) is 0 Å². The van der Waals surface area contributed by atoms with Crippen molar-refractivity contribution in [2.24, 2.45) is 29.6 Å². The van der Waals surface area contributed by atoms with Crippen molar-refractivity contribution in [3.8, 4) is 0 Å². The van der Waals surface area contributed by atoms with E-state index >= 15 is 0 Å². The third kappa shape index (κ3) is 7.26. The minimum Gasteiger partial charge on any atom is -0.461 e. The number of carbonyl (C=O) groups excluding carboxylic acids is 2. The van der Waals surface area contributed by atoms with Crippen LogP contribution in [0.25, 0.3) is 0 Å². The van der Waals surface area contributed by atoms with Gasteiger partial charge in [0.15, 0.2) is 0 Å². The Morgan fingerprint density at radius 3 is 2.50 bits per heavy atom. The Morgan fingerprint density at radius 1 is 1.19 bits per heavy atom. The smallest absolute Gasteiger partial charge is 0.308 e. The molecule has 2 rings (SSSR count). The van der Waals surface area contributed by atoms with E-state index in [2.05, 4.69) is 13.0 Å². The van der Waals surface area contributed by atoms with Gasteiger partial charge in [-0.1, -0.05) is 52.8 Å². The van der Waals surface area contributed by atoms with E-state index in [1.807, 2.05) is 26.0 Å². The van der Waals surface area contributed by atoms with Crippen LogP contribution in [0.3, 0.4) is 0 Å². The Balaban J connectivity index is 2.05. The molecule has 3 N–H and O–H groups in total. The first kappa shape index (κ1) is 26.7. The molecule has 2 aliphatic rings. The summed E-state index contributed by atoms with van der Waals surface area (Å²) in [6.07, 6.45) is 5.93. The molecular formula is C26H42O6. The molecular weight excluding hydrogens is 408 g/mol. The van der Waals surface area contributed by atoms with Crippen LogP contribution in [0.4, 0.5) is 0 Å². The number of hydrogen-bond donors (Lipinski definition) is 3. The number of ketones is 1. The molecule has 32 heavy (non-hydrogen) atoms. The zero-order valence-electron chi connectivity index (χ0n) is 20.2. The summed E-state index contributed by atoms with van der Waals surface area (Å²) in [6, 6.07) is 0. The molecule has 0 aliphatic heterocycles. The van der Waals surface area contributed by atoms with Gasteiger partial charge >= 0.3 is 5.97 Å². The summed E-state index contributed by atoms with van der Waals surface area (Å²) >= 11 is 0. The summed E-state index contributed by atoms with van der Waals surface area (Å²) in [5.41, 5.74) is 0.992. The zero-order chi connectivity index (χ0) is 24.0. The molecule has 0 fully saturated rings. The number of aliphatic hydroxyl groups is 3. The number of carbonyl (C=O) groups is 2. The Labute approximate surface area is 192 Å². The fourth-order valence-corrected chi connectivity index (χ4v) is 4.79. The largest absolute Gasteiger partial charge is 0.461 e. The van der Waals surface area contributed by atoms with Crippen molar-refractivity contribution in [2.75, 3.05) is 0 Å². The predicted octanol–water partition coefficient (Wildman–Crippen LogP) is 3.58. The number of ether oxygens (including phenoxy) is 1. The Kier molecular flexibility index (Phi) is 10.1. The van der Waals surface area contributed by atoms with E-state index < -0.39 is 24.4 Å². The highest BCUT2D eigenvalue weighted by Gasteiger charge is 2.42. The fourth-order valence-electron chi connectivity index (χ4n) is 4.79. The number of fused-ring (bicyclic) bond motifs is 1. The maximum atomic E-state index is 12.5. The average Bonchev–Trinajstić information content (AvgIpc) is 2.72. The van der Waals surface area contributed by atoms with Gasteiger partial charge in [-0.15, -0.1) is 0 Å². The molecule has 0 bridgehead atoms. The molecule has 0 aromatic rings. The highest BCUT2D eigenvalue weighted by atomic mass is 16.5. The van der Waals surface area contributed by atoms with Gasteiger partial charge in [0, 0.05) is 24.7 Å². The van der Waals surface area contributed by atoms with Crippen molar-refractivity contribution in [3.63, 3.8) is 0 Å². The second-order valence-electron chi connectivity index (χ2n) is 10.1. The van der Waals surface area contributed by atoms with Crippen molar-refractivity contribution in [1.29, 1.82) is 0 Å². The van der Waals surface area contributed by atoms with Crippen LogP contribution >= 0.6 is 0 Å². The van der Waals surface area contributed by atoms with Crippen LogP contribution in [0.1, 0.15) is 73.1 Å². The summed E-state index contributed by atoms with van der Waals surface area (Å²) in [5, 5.41) is 31.0. The average molecular weight is 451 g/mol. The number of esters is 1. The van der Waals surface area contributed by atoms with E-state index in [0.29, 0.717) is 25.7 Å². The molecule has 0 spiro atoms. The van der Waals surface area contributed by atoms with Gasteiger partial charge in [0.1, 0.15) is 11.9 Å². The molecule has 6 heteroatoms. The molecule has 0 amide bonds. The minimum absolute atomic E-state index is 0.00255. The predicted molar refractivity (Wildman–Crippen MR) is 124 cm³/mol. The molecule has 8 atom stereocenters. The van der Waals surface area contributed by atoms with E-state index in [4.69, 9.17) is 4.74 Å². The number of allylic oxidation sites excluding steroid dienone is 2. The topological polar surface area (TPSA) is 104 Å². The molecule has 0 radical (unpaired) electrons. The Bertz CT molecular complexity index is 696. The van der Waals surface area contributed by atoms with Crippen molar-refractivity contribution in [3.05, 3.63) is 23.8 Å². The molecule has 1 unspecified atom stereocenters. The number of hydrogen-bond acceptors (Lipinski definition) is 6.